The van der Waals surface area contributed by atoms with E-state index in [0.717, 1.165) is 0 Å². The van der Waals surface area contributed by atoms with Gasteiger partial charge in [-0.2, -0.15) is 0 Å². The molecule has 1 N–H and O–H groups in total. The van der Waals surface area contributed by atoms with E-state index in [0.29, 0.717) is 48.6 Å². The third kappa shape index (κ3) is 5.97. The van der Waals surface area contributed by atoms with Crippen LogP contribution in [0.5, 0.6) is 11.5 Å². The number of ether oxygens (including phenoxy) is 3. The lowest BCUT2D eigenvalue weighted by Gasteiger charge is -2.32. The first-order valence-corrected chi connectivity index (χ1v) is 10.2. The normalized spacial score (nSPS) is 13.9. The van der Waals surface area contributed by atoms with Crippen molar-refractivity contribution >= 4 is 18.0 Å². The summed E-state index contributed by atoms with van der Waals surface area (Å²) in [5, 5.41) is 3.03. The highest BCUT2D eigenvalue weighted by Gasteiger charge is 2.25. The molecule has 0 atom stereocenters. The van der Waals surface area contributed by atoms with E-state index in [1.807, 2.05) is 0 Å². The molecule has 8 nitrogen and oxygen atoms in total. The van der Waals surface area contributed by atoms with Crippen molar-refractivity contribution in [2.45, 2.75) is 25.8 Å². The number of nitrogens with zero attached hydrogens (tertiary/aromatic N) is 1. The third-order valence-electron chi connectivity index (χ3n) is 5.03. The summed E-state index contributed by atoms with van der Waals surface area (Å²) in [4.78, 5) is 38.3. The molecule has 8 heteroatoms. The molecule has 1 heterocycles. The van der Waals surface area contributed by atoms with Gasteiger partial charge in [0.05, 0.1) is 13.7 Å². The molecule has 0 saturated carbocycles. The third-order valence-corrected chi connectivity index (χ3v) is 5.03. The molecule has 1 saturated heterocycles. The molecule has 1 aliphatic heterocycles. The van der Waals surface area contributed by atoms with Crippen LogP contribution in [-0.2, 0) is 4.74 Å². The van der Waals surface area contributed by atoms with Crippen LogP contribution in [0.4, 0.5) is 4.79 Å². The van der Waals surface area contributed by atoms with Crippen LogP contribution < -0.4 is 14.8 Å². The highest BCUT2D eigenvalue weighted by molar-refractivity contribution is 5.95. The van der Waals surface area contributed by atoms with Crippen LogP contribution in [0.2, 0.25) is 0 Å². The van der Waals surface area contributed by atoms with Crippen molar-refractivity contribution in [3.05, 3.63) is 59.7 Å². The van der Waals surface area contributed by atoms with Crippen LogP contribution in [-0.4, -0.2) is 55.7 Å². The Labute approximate surface area is 181 Å². The van der Waals surface area contributed by atoms with Gasteiger partial charge < -0.3 is 24.4 Å². The van der Waals surface area contributed by atoms with E-state index in [-0.39, 0.29) is 24.5 Å². The van der Waals surface area contributed by atoms with E-state index >= 15 is 0 Å². The van der Waals surface area contributed by atoms with Gasteiger partial charge in [-0.25, -0.2) is 4.79 Å². The van der Waals surface area contributed by atoms with Crippen molar-refractivity contribution in [3.8, 4) is 11.5 Å². The monoisotopic (exact) mass is 426 g/mol. The Morgan fingerprint density at radius 1 is 0.935 bits per heavy atom. The minimum absolute atomic E-state index is 0.0130. The van der Waals surface area contributed by atoms with E-state index in [1.54, 1.807) is 67.5 Å². The zero-order valence-electron chi connectivity index (χ0n) is 17.6. The summed E-state index contributed by atoms with van der Waals surface area (Å²) in [7, 11) is 1.58. The lowest BCUT2D eigenvalue weighted by atomic mass is 10.0. The maximum absolute atomic E-state index is 12.7. The Kier molecular flexibility index (Phi) is 7.48. The molecule has 0 aliphatic carbocycles. The quantitative estimate of drug-likeness (QED) is 0.563. The summed E-state index contributed by atoms with van der Waals surface area (Å²) in [5.74, 6) is 0.783. The predicted octanol–water partition coefficient (Wildman–Crippen LogP) is 3.27. The summed E-state index contributed by atoms with van der Waals surface area (Å²) in [6, 6.07) is 13.3. The minimum Gasteiger partial charge on any atom is -0.497 e. The topological polar surface area (TPSA) is 94.2 Å². The summed E-state index contributed by atoms with van der Waals surface area (Å²) >= 11 is 0. The summed E-state index contributed by atoms with van der Waals surface area (Å²) in [6.45, 7) is 3.02. The molecule has 3 rings (SSSR count). The van der Waals surface area contributed by atoms with Gasteiger partial charge in [0, 0.05) is 30.3 Å². The van der Waals surface area contributed by atoms with Crippen LogP contribution in [0.1, 0.15) is 40.5 Å². The molecular formula is C23H26N2O6. The fourth-order valence-corrected chi connectivity index (χ4v) is 3.33. The van der Waals surface area contributed by atoms with Crippen LogP contribution in [0.3, 0.4) is 0 Å². The van der Waals surface area contributed by atoms with Gasteiger partial charge >= 0.3 is 6.16 Å². The second-order valence-corrected chi connectivity index (χ2v) is 7.08. The number of hydrogen-bond donors (Lipinski definition) is 1. The Balaban J connectivity index is 1.49. The highest BCUT2D eigenvalue weighted by Crippen LogP contribution is 2.18. The van der Waals surface area contributed by atoms with Crippen molar-refractivity contribution in [3.63, 3.8) is 0 Å². The van der Waals surface area contributed by atoms with E-state index in [4.69, 9.17) is 14.2 Å². The zero-order chi connectivity index (χ0) is 22.2. The molecule has 164 valence electrons. The first kappa shape index (κ1) is 22.1. The Morgan fingerprint density at radius 2 is 1.52 bits per heavy atom. The van der Waals surface area contributed by atoms with Crippen LogP contribution in [0.15, 0.2) is 48.5 Å². The molecule has 0 aromatic heterocycles. The lowest BCUT2D eigenvalue weighted by Crippen LogP contribution is -2.46. The molecule has 0 radical (unpaired) electrons. The number of piperidine rings is 1. The van der Waals surface area contributed by atoms with E-state index in [1.165, 1.54) is 0 Å². The van der Waals surface area contributed by atoms with Crippen molar-refractivity contribution in [1.29, 1.82) is 0 Å². The van der Waals surface area contributed by atoms with Gasteiger partial charge in [0.15, 0.2) is 0 Å². The number of nitrogens with one attached hydrogen (secondary N) is 1. The van der Waals surface area contributed by atoms with Crippen molar-refractivity contribution in [1.82, 2.24) is 10.2 Å². The Morgan fingerprint density at radius 3 is 2.10 bits per heavy atom. The molecule has 0 bridgehead atoms. The second kappa shape index (κ2) is 10.5. The number of likely N-dealkylation sites (tertiary alicyclic amines) is 1. The minimum atomic E-state index is -0.777. The van der Waals surface area contributed by atoms with Gasteiger partial charge in [0.25, 0.3) is 11.8 Å². The van der Waals surface area contributed by atoms with Gasteiger partial charge in [0.1, 0.15) is 11.5 Å². The Bertz CT molecular complexity index is 903. The lowest BCUT2D eigenvalue weighted by molar-refractivity contribution is 0.0698. The summed E-state index contributed by atoms with van der Waals surface area (Å²) < 4.78 is 14.8. The van der Waals surface area contributed by atoms with E-state index in [2.05, 4.69) is 5.32 Å². The van der Waals surface area contributed by atoms with E-state index < -0.39 is 6.16 Å². The second-order valence-electron chi connectivity index (χ2n) is 7.08. The molecular weight excluding hydrogens is 400 g/mol. The summed E-state index contributed by atoms with van der Waals surface area (Å²) in [6.07, 6.45) is 0.579. The average Bonchev–Trinajstić information content (AvgIpc) is 2.80. The smallest absolute Gasteiger partial charge is 0.497 e. The van der Waals surface area contributed by atoms with Crippen LogP contribution in [0.25, 0.3) is 0 Å². The first-order chi connectivity index (χ1) is 15.0. The fraction of sp³-hybridized carbons (Fsp3) is 0.348. The van der Waals surface area contributed by atoms with Gasteiger partial charge in [-0.1, -0.05) is 0 Å². The molecule has 31 heavy (non-hydrogen) atoms. The number of rotatable bonds is 6. The summed E-state index contributed by atoms with van der Waals surface area (Å²) in [5.41, 5.74) is 1.08. The van der Waals surface area contributed by atoms with Crippen molar-refractivity contribution in [2.75, 3.05) is 26.8 Å². The number of hydrogen-bond acceptors (Lipinski definition) is 6. The van der Waals surface area contributed by atoms with Crippen LogP contribution >= 0.6 is 0 Å². The maximum Gasteiger partial charge on any atom is 0.513 e. The van der Waals surface area contributed by atoms with E-state index in [9.17, 15) is 14.4 Å². The van der Waals surface area contributed by atoms with Crippen LogP contribution in [0, 0.1) is 0 Å². The number of carbonyl (C=O) groups excluding carboxylic acids is 3. The number of methoxy groups -OCH3 is 1. The highest BCUT2D eigenvalue weighted by atomic mass is 16.7. The standard InChI is InChI=1S/C23H26N2O6/c1-3-30-23(28)31-20-10-6-17(7-11-20)22(27)25-14-12-18(13-15-25)24-21(26)16-4-8-19(29-2)9-5-16/h4-11,18H,3,12-15H2,1-2H3,(H,24,26). The fourth-order valence-electron chi connectivity index (χ4n) is 3.33. The molecule has 2 amide bonds. The molecule has 2 aromatic carbocycles. The average molecular weight is 426 g/mol. The maximum atomic E-state index is 12.7. The Hall–Kier alpha value is -3.55. The molecule has 2 aromatic rings. The predicted molar refractivity (Wildman–Crippen MR) is 113 cm³/mol. The molecule has 0 spiro atoms. The number of carbonyl (C=O) groups is 3. The largest absolute Gasteiger partial charge is 0.513 e. The van der Waals surface area contributed by atoms with Gasteiger partial charge in [-0.15, -0.1) is 0 Å². The zero-order valence-corrected chi connectivity index (χ0v) is 17.6. The van der Waals surface area contributed by atoms with Crippen molar-refractivity contribution in [2.24, 2.45) is 0 Å². The van der Waals surface area contributed by atoms with Gasteiger partial charge in [-0.3, -0.25) is 9.59 Å². The first-order valence-electron chi connectivity index (χ1n) is 10.2. The molecule has 0 unspecified atom stereocenters. The molecule has 1 aliphatic rings. The van der Waals surface area contributed by atoms with Gasteiger partial charge in [-0.05, 0) is 68.3 Å². The molecule has 1 fully saturated rings. The number of benzene rings is 2. The SMILES string of the molecule is CCOC(=O)Oc1ccc(C(=O)N2CCC(NC(=O)c3ccc(OC)cc3)CC2)cc1. The number of amides is 2. The van der Waals surface area contributed by atoms with Crippen molar-refractivity contribution < 1.29 is 28.6 Å². The van der Waals surface area contributed by atoms with Gasteiger partial charge in [0.2, 0.25) is 0 Å².